The summed E-state index contributed by atoms with van der Waals surface area (Å²) in [6, 6.07) is 0. The third-order valence-corrected chi connectivity index (χ3v) is 1.74. The van der Waals surface area contributed by atoms with Gasteiger partial charge >= 0.3 is 0 Å². The number of imidazole rings is 1. The maximum absolute atomic E-state index is 10.4. The molecule has 0 radical (unpaired) electrons. The molecule has 0 aromatic carbocycles. The first-order chi connectivity index (χ1) is 5.29. The molecule has 3 nitrogen and oxygen atoms in total. The Kier molecular flexibility index (Phi) is 2.91. The lowest BCUT2D eigenvalue weighted by molar-refractivity contribution is 0.111. The van der Waals surface area contributed by atoms with Gasteiger partial charge in [0.15, 0.2) is 6.29 Å². The fourth-order valence-electron chi connectivity index (χ4n) is 0.765. The minimum absolute atomic E-state index is 0.299. The van der Waals surface area contributed by atoms with Crippen LogP contribution in [0.15, 0.2) is 6.20 Å². The van der Waals surface area contributed by atoms with Gasteiger partial charge in [0.25, 0.3) is 0 Å². The van der Waals surface area contributed by atoms with Gasteiger partial charge in [-0.25, -0.2) is 4.98 Å². The lowest BCUT2D eigenvalue weighted by Crippen LogP contribution is -2.03. The first-order valence-corrected chi connectivity index (χ1v) is 3.93. The number of carbonyl (C=O) groups excluding carboxylic acids is 1. The van der Waals surface area contributed by atoms with E-state index in [1.165, 1.54) is 6.20 Å². The van der Waals surface area contributed by atoms with E-state index in [1.807, 2.05) is 0 Å². The van der Waals surface area contributed by atoms with E-state index in [0.717, 1.165) is 0 Å². The Hall–Kier alpha value is -0.540. The number of aldehydes is 1. The molecule has 0 aliphatic carbocycles. The van der Waals surface area contributed by atoms with Crippen molar-refractivity contribution in [3.63, 3.8) is 0 Å². The summed E-state index contributed by atoms with van der Waals surface area (Å²) >= 11 is 11.1. The molecule has 1 rings (SSSR count). The van der Waals surface area contributed by atoms with Crippen molar-refractivity contribution in [2.24, 2.45) is 0 Å². The van der Waals surface area contributed by atoms with Gasteiger partial charge in [-0.1, -0.05) is 0 Å². The van der Waals surface area contributed by atoms with Gasteiger partial charge in [0.1, 0.15) is 5.69 Å². The van der Waals surface area contributed by atoms with E-state index < -0.39 is 0 Å². The van der Waals surface area contributed by atoms with Crippen LogP contribution in [0.4, 0.5) is 0 Å². The number of hydrogen-bond acceptors (Lipinski definition) is 2. The zero-order valence-electron chi connectivity index (χ0n) is 5.63. The number of nitrogens with zero attached hydrogens (tertiary/aromatic N) is 2. The molecular weight excluding hydrogens is 187 g/mol. The van der Waals surface area contributed by atoms with Crippen LogP contribution in [0.25, 0.3) is 0 Å². The minimum atomic E-state index is 0.299. The summed E-state index contributed by atoms with van der Waals surface area (Å²) in [5.41, 5.74) is 0.454. The van der Waals surface area contributed by atoms with Gasteiger partial charge in [-0.2, -0.15) is 0 Å². The lowest BCUT2D eigenvalue weighted by atomic mass is 10.5. The van der Waals surface area contributed by atoms with E-state index in [4.69, 9.17) is 23.2 Å². The number of halogens is 2. The number of alkyl halides is 1. The Bertz CT molecular complexity index is 259. The van der Waals surface area contributed by atoms with E-state index in [2.05, 4.69) is 4.98 Å². The third kappa shape index (κ3) is 1.73. The zero-order chi connectivity index (χ0) is 8.27. The van der Waals surface area contributed by atoms with Crippen LogP contribution < -0.4 is 0 Å². The number of carbonyl (C=O) groups is 1. The summed E-state index contributed by atoms with van der Waals surface area (Å²) in [5.74, 6) is 0.414. The molecule has 0 saturated carbocycles. The predicted octanol–water partition coefficient (Wildman–Crippen LogP) is 1.59. The second kappa shape index (κ2) is 3.74. The van der Waals surface area contributed by atoms with Crippen LogP contribution in [0, 0.1) is 0 Å². The van der Waals surface area contributed by atoms with Gasteiger partial charge in [-0.05, 0) is 11.6 Å². The van der Waals surface area contributed by atoms with E-state index in [9.17, 15) is 4.79 Å². The summed E-state index contributed by atoms with van der Waals surface area (Å²) < 4.78 is 1.56. The summed E-state index contributed by atoms with van der Waals surface area (Å²) in [5, 5.41) is 0.299. The molecule has 5 heteroatoms. The van der Waals surface area contributed by atoms with Crippen LogP contribution in [0.3, 0.4) is 0 Å². The van der Waals surface area contributed by atoms with Crippen LogP contribution in [-0.4, -0.2) is 21.7 Å². The van der Waals surface area contributed by atoms with Gasteiger partial charge in [0.2, 0.25) is 5.28 Å². The topological polar surface area (TPSA) is 34.9 Å². The van der Waals surface area contributed by atoms with Crippen molar-refractivity contribution in [2.45, 2.75) is 6.54 Å². The van der Waals surface area contributed by atoms with Crippen LogP contribution >= 0.6 is 23.2 Å². The molecule has 1 heterocycles. The average molecular weight is 193 g/mol. The largest absolute Gasteiger partial charge is 0.311 e. The SMILES string of the molecule is O=Cc1cnc(Cl)n1CCCl. The highest BCUT2D eigenvalue weighted by Crippen LogP contribution is 2.08. The molecule has 0 aliphatic rings. The fourth-order valence-corrected chi connectivity index (χ4v) is 1.17. The summed E-state index contributed by atoms with van der Waals surface area (Å²) in [6.45, 7) is 0.508. The van der Waals surface area contributed by atoms with Crippen molar-refractivity contribution in [1.82, 2.24) is 9.55 Å². The highest BCUT2D eigenvalue weighted by molar-refractivity contribution is 6.28. The molecule has 60 valence electrons. The Balaban J connectivity index is 2.97. The molecule has 1 aromatic rings. The number of aromatic nitrogens is 2. The number of hydrogen-bond donors (Lipinski definition) is 0. The Morgan fingerprint density at radius 1 is 1.73 bits per heavy atom. The Morgan fingerprint density at radius 3 is 3.00 bits per heavy atom. The predicted molar refractivity (Wildman–Crippen MR) is 43.3 cm³/mol. The van der Waals surface area contributed by atoms with E-state index in [0.29, 0.717) is 29.7 Å². The standard InChI is InChI=1S/C6H6Cl2N2O/c7-1-2-10-5(4-11)3-9-6(10)8/h3-4H,1-2H2. The normalized spacial score (nSPS) is 10.0. The Labute approximate surface area is 73.9 Å². The fraction of sp³-hybridized carbons (Fsp3) is 0.333. The zero-order valence-corrected chi connectivity index (χ0v) is 7.14. The molecule has 0 unspecified atom stereocenters. The van der Waals surface area contributed by atoms with E-state index in [1.54, 1.807) is 4.57 Å². The molecule has 0 fully saturated rings. The minimum Gasteiger partial charge on any atom is -0.311 e. The molecule has 0 amide bonds. The molecule has 0 spiro atoms. The van der Waals surface area contributed by atoms with Crippen molar-refractivity contribution in [1.29, 1.82) is 0 Å². The molecule has 0 bridgehead atoms. The first-order valence-electron chi connectivity index (χ1n) is 3.01. The van der Waals surface area contributed by atoms with Crippen molar-refractivity contribution in [3.8, 4) is 0 Å². The first kappa shape index (κ1) is 8.56. The maximum atomic E-state index is 10.4. The molecule has 11 heavy (non-hydrogen) atoms. The molecule has 1 aromatic heterocycles. The van der Waals surface area contributed by atoms with E-state index >= 15 is 0 Å². The average Bonchev–Trinajstić information content (AvgIpc) is 2.34. The molecule has 0 N–H and O–H groups in total. The third-order valence-electron chi connectivity index (χ3n) is 1.27. The number of rotatable bonds is 3. The Morgan fingerprint density at radius 2 is 2.45 bits per heavy atom. The van der Waals surface area contributed by atoms with Gasteiger partial charge < -0.3 is 4.57 Å². The summed E-state index contributed by atoms with van der Waals surface area (Å²) in [4.78, 5) is 14.1. The highest BCUT2D eigenvalue weighted by Gasteiger charge is 2.04. The van der Waals surface area contributed by atoms with Crippen molar-refractivity contribution in [3.05, 3.63) is 17.2 Å². The second-order valence-electron chi connectivity index (χ2n) is 1.91. The van der Waals surface area contributed by atoms with Gasteiger partial charge in [0.05, 0.1) is 6.20 Å². The molecular formula is C6H6Cl2N2O. The summed E-state index contributed by atoms with van der Waals surface area (Å²) in [6.07, 6.45) is 2.12. The molecule has 0 aliphatic heterocycles. The van der Waals surface area contributed by atoms with Gasteiger partial charge in [0, 0.05) is 12.4 Å². The molecule has 0 atom stereocenters. The monoisotopic (exact) mass is 192 g/mol. The van der Waals surface area contributed by atoms with Crippen molar-refractivity contribution >= 4 is 29.5 Å². The quantitative estimate of drug-likeness (QED) is 0.539. The van der Waals surface area contributed by atoms with E-state index in [-0.39, 0.29) is 0 Å². The van der Waals surface area contributed by atoms with Crippen molar-refractivity contribution < 1.29 is 4.79 Å². The van der Waals surface area contributed by atoms with Gasteiger partial charge in [-0.3, -0.25) is 4.79 Å². The molecule has 0 saturated heterocycles. The lowest BCUT2D eigenvalue weighted by Gasteiger charge is -2.00. The van der Waals surface area contributed by atoms with Crippen molar-refractivity contribution in [2.75, 3.05) is 5.88 Å². The van der Waals surface area contributed by atoms with Gasteiger partial charge in [-0.15, -0.1) is 11.6 Å². The smallest absolute Gasteiger partial charge is 0.203 e. The van der Waals surface area contributed by atoms with Crippen LogP contribution in [0.2, 0.25) is 5.28 Å². The van der Waals surface area contributed by atoms with Crippen LogP contribution in [-0.2, 0) is 6.54 Å². The summed E-state index contributed by atoms with van der Waals surface area (Å²) in [7, 11) is 0. The maximum Gasteiger partial charge on any atom is 0.203 e. The second-order valence-corrected chi connectivity index (χ2v) is 2.63. The highest BCUT2D eigenvalue weighted by atomic mass is 35.5. The van der Waals surface area contributed by atoms with Crippen LogP contribution in [0.1, 0.15) is 10.5 Å². The van der Waals surface area contributed by atoms with Crippen LogP contribution in [0.5, 0.6) is 0 Å².